The number of nitrogens with one attached hydrogen (secondary N) is 1. The zero-order chi connectivity index (χ0) is 11.2. The van der Waals surface area contributed by atoms with Crippen LogP contribution in [-0.4, -0.2) is 11.5 Å². The van der Waals surface area contributed by atoms with Crippen molar-refractivity contribution < 1.29 is 4.42 Å². The smallest absolute Gasteiger partial charge is 0.215 e. The van der Waals surface area contributed by atoms with Crippen LogP contribution in [0.5, 0.6) is 0 Å². The van der Waals surface area contributed by atoms with Crippen LogP contribution in [0.25, 0.3) is 11.1 Å². The summed E-state index contributed by atoms with van der Waals surface area (Å²) < 4.78 is 5.86. The van der Waals surface area contributed by atoms with Gasteiger partial charge in [-0.3, -0.25) is 0 Å². The SMILES string of the molecule is Cc1cccc2oc(C3(C)CCCN3)nc12. The Morgan fingerprint density at radius 3 is 3.00 bits per heavy atom. The lowest BCUT2D eigenvalue weighted by atomic mass is 10.0. The van der Waals surface area contributed by atoms with Gasteiger partial charge in [0.25, 0.3) is 0 Å². The predicted molar refractivity (Wildman–Crippen MR) is 63.3 cm³/mol. The first-order chi connectivity index (χ1) is 7.69. The fourth-order valence-corrected chi connectivity index (χ4v) is 2.40. The van der Waals surface area contributed by atoms with Crippen molar-refractivity contribution in [2.24, 2.45) is 0 Å². The molecule has 1 aliphatic heterocycles. The van der Waals surface area contributed by atoms with Gasteiger partial charge in [-0.25, -0.2) is 4.98 Å². The summed E-state index contributed by atoms with van der Waals surface area (Å²) >= 11 is 0. The fraction of sp³-hybridized carbons (Fsp3) is 0.462. The van der Waals surface area contributed by atoms with Gasteiger partial charge in [-0.15, -0.1) is 0 Å². The van der Waals surface area contributed by atoms with Crippen LogP contribution >= 0.6 is 0 Å². The Morgan fingerprint density at radius 1 is 1.44 bits per heavy atom. The van der Waals surface area contributed by atoms with Crippen LogP contribution in [0.1, 0.15) is 31.2 Å². The first kappa shape index (κ1) is 9.85. The van der Waals surface area contributed by atoms with Crippen LogP contribution in [0, 0.1) is 6.92 Å². The second kappa shape index (κ2) is 3.32. The van der Waals surface area contributed by atoms with Crippen molar-refractivity contribution in [2.75, 3.05) is 6.54 Å². The molecule has 1 fully saturated rings. The Labute approximate surface area is 94.9 Å². The molecular weight excluding hydrogens is 200 g/mol. The predicted octanol–water partition coefficient (Wildman–Crippen LogP) is 2.73. The summed E-state index contributed by atoms with van der Waals surface area (Å²) in [5, 5.41) is 3.47. The molecule has 1 atom stereocenters. The Balaban J connectivity index is 2.15. The normalized spacial score (nSPS) is 25.4. The number of aromatic nitrogens is 1. The molecular formula is C13H16N2O. The highest BCUT2D eigenvalue weighted by atomic mass is 16.4. The van der Waals surface area contributed by atoms with E-state index < -0.39 is 0 Å². The summed E-state index contributed by atoms with van der Waals surface area (Å²) in [4.78, 5) is 4.64. The summed E-state index contributed by atoms with van der Waals surface area (Å²) in [5.41, 5.74) is 2.98. The number of para-hydroxylation sites is 1. The average molecular weight is 216 g/mol. The van der Waals surface area contributed by atoms with Crippen LogP contribution in [-0.2, 0) is 5.54 Å². The molecule has 2 aromatic rings. The lowest BCUT2D eigenvalue weighted by molar-refractivity contribution is 0.330. The van der Waals surface area contributed by atoms with Gasteiger partial charge in [-0.1, -0.05) is 12.1 Å². The Morgan fingerprint density at radius 2 is 2.31 bits per heavy atom. The number of nitrogens with zero attached hydrogens (tertiary/aromatic N) is 1. The second-order valence-corrected chi connectivity index (χ2v) is 4.80. The third-order valence-corrected chi connectivity index (χ3v) is 3.46. The third-order valence-electron chi connectivity index (χ3n) is 3.46. The van der Waals surface area contributed by atoms with Gasteiger partial charge in [0, 0.05) is 0 Å². The van der Waals surface area contributed by atoms with Gasteiger partial charge in [-0.05, 0) is 44.9 Å². The summed E-state index contributed by atoms with van der Waals surface area (Å²) in [6.45, 7) is 5.29. The molecule has 0 saturated carbocycles. The van der Waals surface area contributed by atoms with Crippen molar-refractivity contribution in [1.29, 1.82) is 0 Å². The Hall–Kier alpha value is -1.35. The number of aryl methyl sites for hydroxylation is 1. The number of fused-ring (bicyclic) bond motifs is 1. The van der Waals surface area contributed by atoms with E-state index in [1.807, 2.05) is 12.1 Å². The van der Waals surface area contributed by atoms with Gasteiger partial charge in [0.05, 0.1) is 5.54 Å². The zero-order valence-corrected chi connectivity index (χ0v) is 9.71. The van der Waals surface area contributed by atoms with Crippen molar-refractivity contribution in [3.8, 4) is 0 Å². The zero-order valence-electron chi connectivity index (χ0n) is 9.71. The number of benzene rings is 1. The topological polar surface area (TPSA) is 38.1 Å². The molecule has 1 aromatic carbocycles. The maximum absolute atomic E-state index is 5.86. The van der Waals surface area contributed by atoms with Crippen molar-refractivity contribution >= 4 is 11.1 Å². The van der Waals surface area contributed by atoms with E-state index in [9.17, 15) is 0 Å². The van der Waals surface area contributed by atoms with Crippen molar-refractivity contribution in [3.63, 3.8) is 0 Å². The first-order valence-corrected chi connectivity index (χ1v) is 5.81. The van der Waals surface area contributed by atoms with E-state index in [-0.39, 0.29) is 5.54 Å². The Kier molecular flexibility index (Phi) is 2.04. The standard InChI is InChI=1S/C13H16N2O/c1-9-5-3-6-10-11(9)15-12(16-10)13(2)7-4-8-14-13/h3,5-6,14H,4,7-8H2,1-2H3. The quantitative estimate of drug-likeness (QED) is 0.796. The minimum atomic E-state index is -0.0779. The third kappa shape index (κ3) is 1.35. The molecule has 0 spiro atoms. The van der Waals surface area contributed by atoms with Gasteiger partial charge in [0.15, 0.2) is 5.58 Å². The molecule has 0 radical (unpaired) electrons. The molecule has 1 aromatic heterocycles. The molecule has 1 unspecified atom stereocenters. The lowest BCUT2D eigenvalue weighted by Gasteiger charge is -2.19. The molecule has 0 aliphatic carbocycles. The van der Waals surface area contributed by atoms with Crippen molar-refractivity contribution in [2.45, 2.75) is 32.2 Å². The highest BCUT2D eigenvalue weighted by Crippen LogP contribution is 2.32. The maximum Gasteiger partial charge on any atom is 0.215 e. The summed E-state index contributed by atoms with van der Waals surface area (Å²) in [7, 11) is 0. The number of rotatable bonds is 1. The van der Waals surface area contributed by atoms with E-state index in [4.69, 9.17) is 4.42 Å². The van der Waals surface area contributed by atoms with E-state index in [1.54, 1.807) is 0 Å². The van der Waals surface area contributed by atoms with Gasteiger partial charge < -0.3 is 9.73 Å². The highest BCUT2D eigenvalue weighted by Gasteiger charge is 2.35. The van der Waals surface area contributed by atoms with Crippen molar-refractivity contribution in [3.05, 3.63) is 29.7 Å². The molecule has 1 saturated heterocycles. The van der Waals surface area contributed by atoms with E-state index >= 15 is 0 Å². The van der Waals surface area contributed by atoms with Gasteiger partial charge in [-0.2, -0.15) is 0 Å². The lowest BCUT2D eigenvalue weighted by Crippen LogP contribution is -2.33. The molecule has 84 valence electrons. The number of hydrogen-bond donors (Lipinski definition) is 1. The summed E-state index contributed by atoms with van der Waals surface area (Å²) in [6, 6.07) is 6.06. The molecule has 2 heterocycles. The number of hydrogen-bond acceptors (Lipinski definition) is 3. The fourth-order valence-electron chi connectivity index (χ4n) is 2.40. The van der Waals surface area contributed by atoms with Crippen LogP contribution in [0.15, 0.2) is 22.6 Å². The average Bonchev–Trinajstić information content (AvgIpc) is 2.85. The van der Waals surface area contributed by atoms with Crippen LogP contribution in [0.3, 0.4) is 0 Å². The van der Waals surface area contributed by atoms with Gasteiger partial charge in [0.2, 0.25) is 5.89 Å². The molecule has 0 bridgehead atoms. The maximum atomic E-state index is 5.86. The van der Waals surface area contributed by atoms with E-state index in [2.05, 4.69) is 30.2 Å². The highest BCUT2D eigenvalue weighted by molar-refractivity contribution is 5.76. The minimum absolute atomic E-state index is 0.0779. The Bertz CT molecular complexity index is 524. The largest absolute Gasteiger partial charge is 0.439 e. The van der Waals surface area contributed by atoms with E-state index in [1.165, 1.54) is 12.0 Å². The molecule has 3 nitrogen and oxygen atoms in total. The molecule has 1 N–H and O–H groups in total. The molecule has 1 aliphatic rings. The first-order valence-electron chi connectivity index (χ1n) is 5.81. The molecule has 0 amide bonds. The second-order valence-electron chi connectivity index (χ2n) is 4.80. The monoisotopic (exact) mass is 216 g/mol. The summed E-state index contributed by atoms with van der Waals surface area (Å²) in [6.07, 6.45) is 2.28. The van der Waals surface area contributed by atoms with Gasteiger partial charge in [0.1, 0.15) is 5.52 Å². The van der Waals surface area contributed by atoms with Crippen LogP contribution in [0.4, 0.5) is 0 Å². The molecule has 3 rings (SSSR count). The van der Waals surface area contributed by atoms with Crippen molar-refractivity contribution in [1.82, 2.24) is 10.3 Å². The molecule has 16 heavy (non-hydrogen) atoms. The minimum Gasteiger partial charge on any atom is -0.439 e. The van der Waals surface area contributed by atoms with Crippen LogP contribution < -0.4 is 5.32 Å². The number of oxazole rings is 1. The van der Waals surface area contributed by atoms with E-state index in [0.717, 1.165) is 30.0 Å². The molecule has 3 heteroatoms. The summed E-state index contributed by atoms with van der Waals surface area (Å²) in [5.74, 6) is 0.828. The van der Waals surface area contributed by atoms with E-state index in [0.29, 0.717) is 0 Å². The van der Waals surface area contributed by atoms with Gasteiger partial charge >= 0.3 is 0 Å². The van der Waals surface area contributed by atoms with Crippen LogP contribution in [0.2, 0.25) is 0 Å².